The van der Waals surface area contributed by atoms with Crippen molar-refractivity contribution in [3.8, 4) is 0 Å². The van der Waals surface area contributed by atoms with Gasteiger partial charge in [0.15, 0.2) is 5.78 Å². The van der Waals surface area contributed by atoms with Gasteiger partial charge in [-0.05, 0) is 55.6 Å². The topological polar surface area (TPSA) is 126 Å². The third-order valence-electron chi connectivity index (χ3n) is 8.82. The largest absolute Gasteiger partial charge is 0.350 e. The normalized spacial score (nSPS) is 17.9. The first-order valence-electron chi connectivity index (χ1n) is 15.1. The minimum atomic E-state index is -1.92. The number of fused-ring (bicyclic) bond motifs is 1. The number of amides is 3. The van der Waals surface area contributed by atoms with Gasteiger partial charge in [0.25, 0.3) is 5.91 Å². The van der Waals surface area contributed by atoms with E-state index in [4.69, 9.17) is 11.6 Å². The molecule has 2 fully saturated rings. The first-order valence-corrected chi connectivity index (χ1v) is 18.9. The van der Waals surface area contributed by atoms with E-state index >= 15 is 0 Å². The van der Waals surface area contributed by atoms with Crippen LogP contribution in [0.15, 0.2) is 61.1 Å². The minimum absolute atomic E-state index is 0.0206. The molecule has 46 heavy (non-hydrogen) atoms. The summed E-state index contributed by atoms with van der Waals surface area (Å²) < 4.78 is 16.2. The molecule has 0 radical (unpaired) electrons. The van der Waals surface area contributed by atoms with Crippen LogP contribution in [0.3, 0.4) is 0 Å². The SMILES string of the molecule is CC(=O)c1cn(CC(=O)N2C[Si](C)(C)C[C@H]2C(=O)NCc2cccc(Cl)c2F)c2ccc(C3(NC(=O)c4ncccn4)CC3)cc12. The van der Waals surface area contributed by atoms with Crippen molar-refractivity contribution in [1.82, 2.24) is 30.1 Å². The van der Waals surface area contributed by atoms with Crippen LogP contribution in [0.2, 0.25) is 24.2 Å². The summed E-state index contributed by atoms with van der Waals surface area (Å²) in [4.78, 5) is 62.5. The van der Waals surface area contributed by atoms with Crippen LogP contribution in [-0.2, 0) is 28.2 Å². The van der Waals surface area contributed by atoms with E-state index in [1.165, 1.54) is 25.4 Å². The number of hydrogen-bond donors (Lipinski definition) is 2. The van der Waals surface area contributed by atoms with Gasteiger partial charge in [0.1, 0.15) is 18.4 Å². The van der Waals surface area contributed by atoms with E-state index in [-0.39, 0.29) is 53.0 Å². The van der Waals surface area contributed by atoms with E-state index in [9.17, 15) is 23.6 Å². The molecule has 13 heteroatoms. The van der Waals surface area contributed by atoms with E-state index in [0.717, 1.165) is 18.4 Å². The third kappa shape index (κ3) is 6.19. The first-order chi connectivity index (χ1) is 21.9. The Labute approximate surface area is 271 Å². The predicted molar refractivity (Wildman–Crippen MR) is 173 cm³/mol. The van der Waals surface area contributed by atoms with E-state index in [2.05, 4.69) is 33.7 Å². The van der Waals surface area contributed by atoms with Gasteiger partial charge >= 0.3 is 0 Å². The molecule has 4 aromatic rings. The maximum absolute atomic E-state index is 14.4. The molecule has 2 aliphatic rings. The molecule has 1 aliphatic carbocycles. The smallest absolute Gasteiger partial charge is 0.289 e. The molecule has 3 heterocycles. The molecule has 10 nitrogen and oxygen atoms in total. The number of nitrogens with one attached hydrogen (secondary N) is 2. The predicted octanol–water partition coefficient (Wildman–Crippen LogP) is 4.62. The molecule has 3 amide bonds. The van der Waals surface area contributed by atoms with Gasteiger partial charge in [0.05, 0.1) is 18.6 Å². The Hall–Kier alpha value is -4.42. The molecule has 1 saturated heterocycles. The summed E-state index contributed by atoms with van der Waals surface area (Å²) in [5, 5.41) is 6.52. The Kier molecular flexibility index (Phi) is 8.28. The number of nitrogens with zero attached hydrogens (tertiary/aromatic N) is 4. The number of benzene rings is 2. The number of carbonyl (C=O) groups excluding carboxylic acids is 4. The summed E-state index contributed by atoms with van der Waals surface area (Å²) in [6.07, 6.45) is 6.67. The van der Waals surface area contributed by atoms with Crippen molar-refractivity contribution in [3.05, 3.63) is 94.4 Å². The molecule has 2 N–H and O–H groups in total. The van der Waals surface area contributed by atoms with Gasteiger partial charge in [-0.15, -0.1) is 0 Å². The fourth-order valence-corrected chi connectivity index (χ4v) is 9.39. The molecule has 1 saturated carbocycles. The van der Waals surface area contributed by atoms with E-state index in [0.29, 0.717) is 28.7 Å². The fraction of sp³-hybridized carbons (Fsp3) is 0.333. The van der Waals surface area contributed by atoms with Gasteiger partial charge in [-0.2, -0.15) is 0 Å². The van der Waals surface area contributed by atoms with Crippen LogP contribution in [0.5, 0.6) is 0 Å². The van der Waals surface area contributed by atoms with Gasteiger partial charge in [-0.1, -0.05) is 42.9 Å². The molecule has 1 atom stereocenters. The highest BCUT2D eigenvalue weighted by Crippen LogP contribution is 2.46. The zero-order valence-electron chi connectivity index (χ0n) is 25.8. The summed E-state index contributed by atoms with van der Waals surface area (Å²) in [6.45, 7) is 5.64. The second-order valence-electron chi connectivity index (χ2n) is 12.9. The Bertz CT molecular complexity index is 1880. The highest BCUT2D eigenvalue weighted by atomic mass is 35.5. The van der Waals surface area contributed by atoms with Crippen LogP contribution in [-0.4, -0.2) is 63.2 Å². The lowest BCUT2D eigenvalue weighted by molar-refractivity contribution is -0.138. The van der Waals surface area contributed by atoms with E-state index in [1.807, 2.05) is 18.2 Å². The quantitative estimate of drug-likeness (QED) is 0.199. The lowest BCUT2D eigenvalue weighted by atomic mass is 10.0. The summed E-state index contributed by atoms with van der Waals surface area (Å²) in [5.74, 6) is -1.60. The molecular weight excluding hydrogens is 627 g/mol. The molecule has 0 spiro atoms. The molecule has 0 bridgehead atoms. The van der Waals surface area contributed by atoms with E-state index < -0.39 is 25.5 Å². The van der Waals surface area contributed by atoms with Crippen LogP contribution in [0.4, 0.5) is 4.39 Å². The summed E-state index contributed by atoms with van der Waals surface area (Å²) in [7, 11) is -1.92. The number of rotatable bonds is 9. The molecule has 2 aromatic heterocycles. The van der Waals surface area contributed by atoms with Crippen LogP contribution < -0.4 is 10.6 Å². The number of carbonyl (C=O) groups is 4. The Balaban J connectivity index is 1.22. The lowest BCUT2D eigenvalue weighted by Crippen LogP contribution is -2.46. The van der Waals surface area contributed by atoms with Crippen LogP contribution in [0, 0.1) is 5.82 Å². The first kappa shape index (κ1) is 31.6. The Morgan fingerprint density at radius 1 is 1.09 bits per heavy atom. The highest BCUT2D eigenvalue weighted by molar-refractivity contribution is 6.79. The number of Topliss-reactive ketones (excluding diaryl/α,β-unsaturated/α-hetero) is 1. The van der Waals surface area contributed by atoms with Crippen LogP contribution in [0.1, 0.15) is 51.9 Å². The minimum Gasteiger partial charge on any atom is -0.350 e. The van der Waals surface area contributed by atoms with Gasteiger partial charge < -0.3 is 20.1 Å². The molecule has 238 valence electrons. The van der Waals surface area contributed by atoms with Gasteiger partial charge in [0, 0.05) is 53.3 Å². The van der Waals surface area contributed by atoms with Gasteiger partial charge in [0.2, 0.25) is 17.6 Å². The maximum Gasteiger partial charge on any atom is 0.289 e. The second kappa shape index (κ2) is 12.1. The average molecular weight is 661 g/mol. The van der Waals surface area contributed by atoms with Crippen molar-refractivity contribution < 1.29 is 23.6 Å². The van der Waals surface area contributed by atoms with E-state index in [1.54, 1.807) is 33.9 Å². The Morgan fingerprint density at radius 2 is 1.83 bits per heavy atom. The van der Waals surface area contributed by atoms with Crippen molar-refractivity contribution in [3.63, 3.8) is 0 Å². The molecule has 0 unspecified atom stereocenters. The van der Waals surface area contributed by atoms with Crippen molar-refractivity contribution in [2.24, 2.45) is 0 Å². The highest BCUT2D eigenvalue weighted by Gasteiger charge is 2.47. The number of aromatic nitrogens is 3. The van der Waals surface area contributed by atoms with Crippen molar-refractivity contribution in [2.75, 3.05) is 6.17 Å². The third-order valence-corrected chi connectivity index (χ3v) is 11.8. The molecule has 1 aliphatic heterocycles. The lowest BCUT2D eigenvalue weighted by Gasteiger charge is -2.25. The number of ketones is 1. The summed E-state index contributed by atoms with van der Waals surface area (Å²) in [5.41, 5.74) is 1.70. The van der Waals surface area contributed by atoms with Gasteiger partial charge in [-0.3, -0.25) is 19.2 Å². The number of hydrogen-bond acceptors (Lipinski definition) is 6. The summed E-state index contributed by atoms with van der Waals surface area (Å²) in [6, 6.07) is 11.8. The van der Waals surface area contributed by atoms with Crippen molar-refractivity contribution >= 4 is 54.1 Å². The van der Waals surface area contributed by atoms with Crippen LogP contribution >= 0.6 is 11.6 Å². The maximum atomic E-state index is 14.4. The van der Waals surface area contributed by atoms with Crippen LogP contribution in [0.25, 0.3) is 10.9 Å². The zero-order valence-corrected chi connectivity index (χ0v) is 27.5. The summed E-state index contributed by atoms with van der Waals surface area (Å²) >= 11 is 5.90. The monoisotopic (exact) mass is 660 g/mol. The molecule has 6 rings (SSSR count). The standard InChI is InChI=1S/C33H34ClFN6O4Si/c1-20(42)24-16-40(26-9-8-22(14-23(24)26)33(10-11-33)39-32(45)30-36-12-5-13-37-30)17-28(43)41-19-46(2,3)18-27(41)31(44)38-15-21-6-4-7-25(34)29(21)35/h4-9,12-14,16,27H,10-11,15,17-19H2,1-3H3,(H,38,44)(H,39,45)/t27-/m0/s1. The number of halogens is 2. The average Bonchev–Trinajstić information content (AvgIpc) is 3.61. The fourth-order valence-electron chi connectivity index (χ4n) is 6.29. The molecule has 2 aromatic carbocycles. The molecular formula is C33H34ClFN6O4Si. The second-order valence-corrected chi connectivity index (χ2v) is 18.4. The zero-order chi connectivity index (χ0) is 32.8. The van der Waals surface area contributed by atoms with Crippen molar-refractivity contribution in [1.29, 1.82) is 0 Å². The van der Waals surface area contributed by atoms with Gasteiger partial charge in [-0.25, -0.2) is 14.4 Å². The van der Waals surface area contributed by atoms with Crippen molar-refractivity contribution in [2.45, 2.75) is 63.6 Å². The Morgan fingerprint density at radius 3 is 2.52 bits per heavy atom.